The first kappa shape index (κ1) is 30.9. The van der Waals surface area contributed by atoms with Crippen LogP contribution in [0.3, 0.4) is 0 Å². The summed E-state index contributed by atoms with van der Waals surface area (Å²) in [5, 5.41) is 13.3. The number of aromatic amines is 1. The van der Waals surface area contributed by atoms with Crippen LogP contribution in [0.25, 0.3) is 0 Å². The minimum atomic E-state index is -2.70. The fourth-order valence-electron chi connectivity index (χ4n) is 5.50. The quantitative estimate of drug-likeness (QED) is 0.205. The Bertz CT molecular complexity index is 1520. The second-order valence-corrected chi connectivity index (χ2v) is 16.3. The van der Waals surface area contributed by atoms with Gasteiger partial charge in [-0.05, 0) is 30.1 Å². The maximum absolute atomic E-state index is 12.9. The molecule has 2 N–H and O–H groups in total. The predicted octanol–water partition coefficient (Wildman–Crippen LogP) is 3.72. The van der Waals surface area contributed by atoms with Crippen LogP contribution in [0.1, 0.15) is 44.3 Å². The molecule has 0 amide bonds. The molecular weight excluding hydrogens is 548 g/mol. The molecule has 0 spiro atoms. The van der Waals surface area contributed by atoms with Crippen molar-refractivity contribution >= 4 is 24.4 Å². The Morgan fingerprint density at radius 1 is 0.881 bits per heavy atom. The van der Waals surface area contributed by atoms with Gasteiger partial charge < -0.3 is 14.6 Å². The Kier molecular flexibility index (Phi) is 9.77. The number of nitrogens with zero attached hydrogens (tertiary/aromatic N) is 1. The van der Waals surface area contributed by atoms with Gasteiger partial charge in [0.1, 0.15) is 14.7 Å². The number of H-pyrrole nitrogens is 1. The van der Waals surface area contributed by atoms with E-state index in [-0.39, 0.29) is 11.6 Å². The second-order valence-electron chi connectivity index (χ2n) is 11.4. The molecule has 0 aliphatic rings. The molecule has 0 saturated heterocycles. The summed E-state index contributed by atoms with van der Waals surface area (Å²) in [6.07, 6.45) is -1.49. The van der Waals surface area contributed by atoms with Crippen molar-refractivity contribution < 1.29 is 19.4 Å². The number of hydrogen-bond acceptors (Lipinski definition) is 6. The number of esters is 1. The van der Waals surface area contributed by atoms with E-state index in [1.54, 1.807) is 37.3 Å². The standard InChI is InChI=1S/C33H38N2O6Si/c1-24(36)28(23-42(33(2,3)4,26-16-10-6-11-17-26)27-18-12-7-13-19-27)41-30(35-21-20-29(37)34-32(35)39)22-40-31(38)25-14-8-5-9-15-25/h5-21,24,28,30,36H,22-23H2,1-4H3,(H,34,37,39)/t24-,28?,30?/m0/s1. The van der Waals surface area contributed by atoms with Crippen LogP contribution in [0.2, 0.25) is 11.1 Å². The van der Waals surface area contributed by atoms with Gasteiger partial charge in [0.15, 0.2) is 6.23 Å². The molecule has 42 heavy (non-hydrogen) atoms. The Morgan fingerprint density at radius 3 is 1.88 bits per heavy atom. The van der Waals surface area contributed by atoms with Crippen molar-refractivity contribution in [1.29, 1.82) is 0 Å². The van der Waals surface area contributed by atoms with Crippen LogP contribution < -0.4 is 21.6 Å². The molecule has 1 aromatic heterocycles. The van der Waals surface area contributed by atoms with Gasteiger partial charge in [-0.15, -0.1) is 0 Å². The second kappa shape index (κ2) is 13.3. The van der Waals surface area contributed by atoms with Gasteiger partial charge in [0, 0.05) is 12.3 Å². The maximum atomic E-state index is 12.9. The van der Waals surface area contributed by atoms with E-state index in [4.69, 9.17) is 9.47 Å². The summed E-state index contributed by atoms with van der Waals surface area (Å²) in [4.78, 5) is 39.7. The molecule has 9 heteroatoms. The minimum Gasteiger partial charge on any atom is -0.457 e. The van der Waals surface area contributed by atoms with Gasteiger partial charge in [-0.2, -0.15) is 0 Å². The summed E-state index contributed by atoms with van der Waals surface area (Å²) in [6, 6.07) is 30.8. The predicted molar refractivity (Wildman–Crippen MR) is 166 cm³/mol. The summed E-state index contributed by atoms with van der Waals surface area (Å²) in [5.74, 6) is -0.581. The monoisotopic (exact) mass is 586 g/mol. The number of benzene rings is 3. The molecule has 0 bridgehead atoms. The van der Waals surface area contributed by atoms with Crippen LogP contribution in [0.4, 0.5) is 0 Å². The number of ether oxygens (including phenoxy) is 2. The van der Waals surface area contributed by atoms with E-state index in [0.717, 1.165) is 0 Å². The third-order valence-corrected chi connectivity index (χ3v) is 13.9. The van der Waals surface area contributed by atoms with Crippen LogP contribution >= 0.6 is 0 Å². The largest absolute Gasteiger partial charge is 0.457 e. The molecule has 220 valence electrons. The minimum absolute atomic E-state index is 0.212. The van der Waals surface area contributed by atoms with Gasteiger partial charge in [0.25, 0.3) is 5.56 Å². The summed E-state index contributed by atoms with van der Waals surface area (Å²) in [7, 11) is -2.70. The molecule has 0 fully saturated rings. The molecule has 4 rings (SSSR count). The molecule has 1 heterocycles. The first-order chi connectivity index (χ1) is 20.0. The molecule has 4 aromatic rings. The molecule has 8 nitrogen and oxygen atoms in total. The SMILES string of the molecule is C[C@H](O)C(C[Si](c1ccccc1)(c1ccccc1)C(C)(C)C)OC(COC(=O)c1ccccc1)n1ccc(=O)[nH]c1=O. The zero-order chi connectivity index (χ0) is 30.3. The van der Waals surface area contributed by atoms with Crippen molar-refractivity contribution in [2.75, 3.05) is 6.61 Å². The number of aromatic nitrogens is 2. The fourth-order valence-corrected chi connectivity index (χ4v) is 11.2. The topological polar surface area (TPSA) is 111 Å². The molecule has 2 unspecified atom stereocenters. The van der Waals surface area contributed by atoms with Crippen molar-refractivity contribution in [2.45, 2.75) is 57.2 Å². The fraction of sp³-hybridized carbons (Fsp3) is 0.303. The van der Waals surface area contributed by atoms with Crippen molar-refractivity contribution in [3.8, 4) is 0 Å². The number of carbonyl (C=O) groups is 1. The van der Waals surface area contributed by atoms with Crippen molar-refractivity contribution in [3.63, 3.8) is 0 Å². The van der Waals surface area contributed by atoms with E-state index in [1.165, 1.54) is 27.2 Å². The molecule has 0 aliphatic heterocycles. The highest BCUT2D eigenvalue weighted by Crippen LogP contribution is 2.40. The van der Waals surface area contributed by atoms with Crippen molar-refractivity contribution in [2.24, 2.45) is 0 Å². The summed E-state index contributed by atoms with van der Waals surface area (Å²) in [6.45, 7) is 7.98. The van der Waals surface area contributed by atoms with Gasteiger partial charge in [0.2, 0.25) is 0 Å². The van der Waals surface area contributed by atoms with E-state index in [2.05, 4.69) is 50.0 Å². The number of carbonyl (C=O) groups excluding carboxylic acids is 1. The Labute approximate surface area is 246 Å². The normalized spacial score (nSPS) is 14.1. The van der Waals surface area contributed by atoms with Crippen LogP contribution in [0, 0.1) is 0 Å². The van der Waals surface area contributed by atoms with Crippen molar-refractivity contribution in [3.05, 3.63) is 130 Å². The van der Waals surface area contributed by atoms with Crippen LogP contribution in [-0.2, 0) is 9.47 Å². The van der Waals surface area contributed by atoms with E-state index < -0.39 is 43.7 Å². The van der Waals surface area contributed by atoms with Crippen LogP contribution in [-0.4, -0.2) is 47.5 Å². The lowest BCUT2D eigenvalue weighted by Gasteiger charge is -2.46. The van der Waals surface area contributed by atoms with Crippen LogP contribution in [0.5, 0.6) is 0 Å². The third-order valence-electron chi connectivity index (χ3n) is 7.72. The van der Waals surface area contributed by atoms with Crippen LogP contribution in [0.15, 0.2) is 113 Å². The lowest BCUT2D eigenvalue weighted by Crippen LogP contribution is -2.66. The summed E-state index contributed by atoms with van der Waals surface area (Å²) < 4.78 is 13.3. The summed E-state index contributed by atoms with van der Waals surface area (Å²) in [5.41, 5.74) is -0.918. The average molecular weight is 587 g/mol. The smallest absolute Gasteiger partial charge is 0.338 e. The highest BCUT2D eigenvalue weighted by molar-refractivity contribution is 7.04. The first-order valence-corrected chi connectivity index (χ1v) is 16.2. The lowest BCUT2D eigenvalue weighted by molar-refractivity contribution is -0.114. The van der Waals surface area contributed by atoms with Gasteiger partial charge in [0.05, 0.1) is 17.8 Å². The van der Waals surface area contributed by atoms with E-state index in [1.807, 2.05) is 36.4 Å². The maximum Gasteiger partial charge on any atom is 0.338 e. The molecule has 3 atom stereocenters. The molecule has 0 aliphatic carbocycles. The van der Waals surface area contributed by atoms with Crippen molar-refractivity contribution in [1.82, 2.24) is 9.55 Å². The van der Waals surface area contributed by atoms with E-state index in [9.17, 15) is 19.5 Å². The van der Waals surface area contributed by atoms with Gasteiger partial charge in [-0.1, -0.05) is 110 Å². The Hall–Kier alpha value is -4.05. The van der Waals surface area contributed by atoms with E-state index >= 15 is 0 Å². The van der Waals surface area contributed by atoms with Gasteiger partial charge in [-0.25, -0.2) is 9.59 Å². The first-order valence-electron chi connectivity index (χ1n) is 14.0. The highest BCUT2D eigenvalue weighted by atomic mass is 28.3. The molecular formula is C33H38N2O6Si. The lowest BCUT2D eigenvalue weighted by atomic mass is 10.2. The molecule has 0 saturated carbocycles. The number of nitrogens with one attached hydrogen (secondary N) is 1. The van der Waals surface area contributed by atoms with E-state index in [0.29, 0.717) is 11.6 Å². The third kappa shape index (κ3) is 6.87. The van der Waals surface area contributed by atoms with Gasteiger partial charge >= 0.3 is 11.7 Å². The molecule has 0 radical (unpaired) electrons. The zero-order valence-corrected chi connectivity index (χ0v) is 25.4. The average Bonchev–Trinajstić information content (AvgIpc) is 2.97. The number of aliphatic hydroxyl groups excluding tert-OH is 1. The summed E-state index contributed by atoms with van der Waals surface area (Å²) >= 11 is 0. The zero-order valence-electron chi connectivity index (χ0n) is 24.4. The van der Waals surface area contributed by atoms with Gasteiger partial charge in [-0.3, -0.25) is 14.3 Å². The number of aliphatic hydroxyl groups is 1. The Balaban J connectivity index is 1.76. The number of hydrogen-bond donors (Lipinski definition) is 2. The highest BCUT2D eigenvalue weighted by Gasteiger charge is 2.50. The number of rotatable bonds is 11. The molecule has 3 aromatic carbocycles. The Morgan fingerprint density at radius 2 is 1.40 bits per heavy atom.